The van der Waals surface area contributed by atoms with Crippen LogP contribution in [0.2, 0.25) is 0 Å². The van der Waals surface area contributed by atoms with Crippen LogP contribution in [-0.4, -0.2) is 32.7 Å². The first kappa shape index (κ1) is 14.1. The summed E-state index contributed by atoms with van der Waals surface area (Å²) in [4.78, 5) is 4.16. The molecule has 3 rings (SSSR count). The number of nitrogens with one attached hydrogen (secondary N) is 1. The Hall–Kier alpha value is -1.84. The van der Waals surface area contributed by atoms with Crippen LogP contribution in [0.1, 0.15) is 11.6 Å². The first-order valence-corrected chi connectivity index (χ1v) is 7.87. The van der Waals surface area contributed by atoms with E-state index < -0.39 is 0 Å². The van der Waals surface area contributed by atoms with Crippen molar-refractivity contribution in [2.75, 3.05) is 37.6 Å². The van der Waals surface area contributed by atoms with Crippen LogP contribution in [0, 0.1) is 0 Å². The summed E-state index contributed by atoms with van der Waals surface area (Å²) in [6, 6.07) is 22.1. The lowest BCUT2D eigenvalue weighted by Crippen LogP contribution is -3.16. The Kier molecular flexibility index (Phi) is 4.53. The van der Waals surface area contributed by atoms with Crippen molar-refractivity contribution in [2.24, 2.45) is 0 Å². The quantitative estimate of drug-likeness (QED) is 0.836. The predicted octanol–water partition coefficient (Wildman–Crippen LogP) is 0.375. The van der Waals surface area contributed by atoms with Crippen molar-refractivity contribution < 1.29 is 10.6 Å². The molecule has 0 radical (unpaired) electrons. The van der Waals surface area contributed by atoms with Crippen LogP contribution in [0.25, 0.3) is 0 Å². The zero-order valence-corrected chi connectivity index (χ0v) is 12.5. The molecule has 4 N–H and O–H groups in total. The van der Waals surface area contributed by atoms with E-state index >= 15 is 0 Å². The first-order valence-electron chi connectivity index (χ1n) is 7.87. The molecule has 1 aliphatic heterocycles. The van der Waals surface area contributed by atoms with Gasteiger partial charge in [0.15, 0.2) is 6.04 Å². The van der Waals surface area contributed by atoms with Gasteiger partial charge in [-0.2, -0.15) is 0 Å². The maximum absolute atomic E-state index is 4.18. The van der Waals surface area contributed by atoms with Crippen molar-refractivity contribution in [1.29, 1.82) is 0 Å². The molecule has 0 unspecified atom stereocenters. The Bertz CT molecular complexity index is 533. The summed E-state index contributed by atoms with van der Waals surface area (Å²) in [6.07, 6.45) is 0. The molecule has 110 valence electrons. The summed E-state index contributed by atoms with van der Waals surface area (Å²) in [6.45, 7) is 5.59. The molecule has 0 bridgehead atoms. The highest BCUT2D eigenvalue weighted by molar-refractivity contribution is 5.46. The molecule has 1 heterocycles. The Morgan fingerprint density at radius 1 is 0.905 bits per heavy atom. The number of piperazine rings is 1. The second kappa shape index (κ2) is 6.74. The van der Waals surface area contributed by atoms with Gasteiger partial charge in [0.2, 0.25) is 0 Å². The average molecular weight is 283 g/mol. The van der Waals surface area contributed by atoms with Crippen LogP contribution in [-0.2, 0) is 0 Å². The standard InChI is InChI=1S/C18H23N3/c19-15-18(16-7-3-1-4-8-16)21-13-11-20(12-14-21)17-9-5-2-6-10-17/h1-10,18H,11-15,19H2/p+2/t18-/m0/s1. The van der Waals surface area contributed by atoms with Gasteiger partial charge in [-0.1, -0.05) is 48.5 Å². The molecule has 3 nitrogen and oxygen atoms in total. The molecule has 1 aliphatic rings. The molecule has 3 heteroatoms. The van der Waals surface area contributed by atoms with Crippen molar-refractivity contribution in [3.8, 4) is 0 Å². The van der Waals surface area contributed by atoms with Crippen molar-refractivity contribution >= 4 is 5.69 Å². The third-order valence-corrected chi connectivity index (χ3v) is 4.51. The van der Waals surface area contributed by atoms with Gasteiger partial charge < -0.3 is 15.5 Å². The minimum absolute atomic E-state index is 0.532. The highest BCUT2D eigenvalue weighted by Crippen LogP contribution is 2.13. The largest absolute Gasteiger partial charge is 0.360 e. The molecule has 1 atom stereocenters. The van der Waals surface area contributed by atoms with E-state index in [9.17, 15) is 0 Å². The van der Waals surface area contributed by atoms with Crippen LogP contribution in [0.15, 0.2) is 60.7 Å². The van der Waals surface area contributed by atoms with Gasteiger partial charge in [-0.3, -0.25) is 0 Å². The third kappa shape index (κ3) is 3.26. The lowest BCUT2D eigenvalue weighted by Gasteiger charge is -2.36. The molecular formula is C18H25N3+2. The van der Waals surface area contributed by atoms with E-state index in [4.69, 9.17) is 0 Å². The highest BCUT2D eigenvalue weighted by atomic mass is 15.3. The van der Waals surface area contributed by atoms with Gasteiger partial charge in [0.05, 0.1) is 26.2 Å². The van der Waals surface area contributed by atoms with E-state index in [2.05, 4.69) is 71.3 Å². The summed E-state index contributed by atoms with van der Waals surface area (Å²) < 4.78 is 0. The normalized spacial score (nSPS) is 17.7. The number of benzene rings is 2. The van der Waals surface area contributed by atoms with E-state index in [-0.39, 0.29) is 0 Å². The topological polar surface area (TPSA) is 35.3 Å². The number of quaternary nitrogens is 2. The van der Waals surface area contributed by atoms with Crippen LogP contribution in [0.3, 0.4) is 0 Å². The van der Waals surface area contributed by atoms with E-state index in [1.165, 1.54) is 24.3 Å². The van der Waals surface area contributed by atoms with Gasteiger partial charge in [-0.25, -0.2) is 0 Å². The van der Waals surface area contributed by atoms with E-state index in [0.29, 0.717) is 6.04 Å². The Balaban J connectivity index is 1.65. The smallest absolute Gasteiger partial charge is 0.163 e. The minimum Gasteiger partial charge on any atom is -0.360 e. The first-order chi connectivity index (χ1) is 10.4. The van der Waals surface area contributed by atoms with Crippen molar-refractivity contribution in [2.45, 2.75) is 6.04 Å². The second-order valence-electron chi connectivity index (χ2n) is 5.73. The van der Waals surface area contributed by atoms with Gasteiger partial charge in [0, 0.05) is 11.3 Å². The molecule has 2 aromatic carbocycles. The van der Waals surface area contributed by atoms with Gasteiger partial charge >= 0.3 is 0 Å². The van der Waals surface area contributed by atoms with E-state index in [1.807, 2.05) is 0 Å². The molecular weight excluding hydrogens is 258 g/mol. The van der Waals surface area contributed by atoms with Crippen molar-refractivity contribution in [1.82, 2.24) is 0 Å². The Labute approximate surface area is 127 Å². The van der Waals surface area contributed by atoms with Crippen molar-refractivity contribution in [3.05, 3.63) is 66.2 Å². The number of rotatable bonds is 4. The maximum Gasteiger partial charge on any atom is 0.163 e. The van der Waals surface area contributed by atoms with Crippen LogP contribution in [0.5, 0.6) is 0 Å². The fourth-order valence-corrected chi connectivity index (χ4v) is 3.33. The number of anilines is 1. The maximum atomic E-state index is 4.18. The van der Waals surface area contributed by atoms with E-state index in [1.54, 1.807) is 4.90 Å². The van der Waals surface area contributed by atoms with Gasteiger partial charge in [-0.05, 0) is 12.1 Å². The molecule has 21 heavy (non-hydrogen) atoms. The number of nitrogens with zero attached hydrogens (tertiary/aromatic N) is 1. The van der Waals surface area contributed by atoms with E-state index in [0.717, 1.165) is 19.6 Å². The summed E-state index contributed by atoms with van der Waals surface area (Å²) in [7, 11) is 0. The minimum atomic E-state index is 0.532. The summed E-state index contributed by atoms with van der Waals surface area (Å²) >= 11 is 0. The fourth-order valence-electron chi connectivity index (χ4n) is 3.33. The SMILES string of the molecule is [NH3+]C[C@@H](c1ccccc1)[NH+]1CCN(c2ccccc2)CC1. The lowest BCUT2D eigenvalue weighted by atomic mass is 10.0. The van der Waals surface area contributed by atoms with Gasteiger partial charge in [-0.15, -0.1) is 0 Å². The number of hydrogen-bond acceptors (Lipinski definition) is 1. The summed E-state index contributed by atoms with van der Waals surface area (Å²) in [5, 5.41) is 0. The average Bonchev–Trinajstić information content (AvgIpc) is 2.58. The molecule has 2 aromatic rings. The Morgan fingerprint density at radius 2 is 1.48 bits per heavy atom. The van der Waals surface area contributed by atoms with Crippen LogP contribution < -0.4 is 15.5 Å². The summed E-state index contributed by atoms with van der Waals surface area (Å²) in [5.41, 5.74) is 6.96. The predicted molar refractivity (Wildman–Crippen MR) is 86.3 cm³/mol. The number of hydrogen-bond donors (Lipinski definition) is 2. The third-order valence-electron chi connectivity index (χ3n) is 4.51. The number of para-hydroxylation sites is 1. The van der Waals surface area contributed by atoms with Crippen LogP contribution in [0.4, 0.5) is 5.69 Å². The molecule has 0 aromatic heterocycles. The zero-order chi connectivity index (χ0) is 14.5. The van der Waals surface area contributed by atoms with Crippen molar-refractivity contribution in [3.63, 3.8) is 0 Å². The lowest BCUT2D eigenvalue weighted by molar-refractivity contribution is -0.938. The molecule has 1 saturated heterocycles. The van der Waals surface area contributed by atoms with Gasteiger partial charge in [0.25, 0.3) is 0 Å². The second-order valence-corrected chi connectivity index (χ2v) is 5.73. The fraction of sp³-hybridized carbons (Fsp3) is 0.333. The zero-order valence-electron chi connectivity index (χ0n) is 12.5. The van der Waals surface area contributed by atoms with Gasteiger partial charge in [0.1, 0.15) is 6.54 Å². The van der Waals surface area contributed by atoms with Crippen LogP contribution >= 0.6 is 0 Å². The summed E-state index contributed by atoms with van der Waals surface area (Å²) in [5.74, 6) is 0. The monoisotopic (exact) mass is 283 g/mol. The molecule has 0 aliphatic carbocycles. The molecule has 0 saturated carbocycles. The Morgan fingerprint density at radius 3 is 2.05 bits per heavy atom. The molecule has 0 amide bonds. The molecule has 0 spiro atoms. The highest BCUT2D eigenvalue weighted by Gasteiger charge is 2.28. The molecule has 1 fully saturated rings.